The molecule has 3 aliphatic rings. The van der Waals surface area contributed by atoms with Crippen molar-refractivity contribution < 1.29 is 23.8 Å². The van der Waals surface area contributed by atoms with Crippen LogP contribution in [0.15, 0.2) is 24.5 Å². The summed E-state index contributed by atoms with van der Waals surface area (Å²) in [6.45, 7) is 12.6. The molecule has 1 aromatic carbocycles. The first-order valence-corrected chi connectivity index (χ1v) is 14.9. The molecular weight excluding hydrogens is 562 g/mol. The van der Waals surface area contributed by atoms with E-state index in [1.54, 1.807) is 23.1 Å². The Labute approximate surface area is 251 Å². The van der Waals surface area contributed by atoms with E-state index in [1.165, 1.54) is 6.33 Å². The molecule has 0 unspecified atom stereocenters. The van der Waals surface area contributed by atoms with Gasteiger partial charge in [0, 0.05) is 50.9 Å². The molecule has 12 nitrogen and oxygen atoms in total. The smallest absolute Gasteiger partial charge is 0.410 e. The van der Waals surface area contributed by atoms with E-state index in [-0.39, 0.29) is 18.0 Å². The largest absolute Gasteiger partial charge is 0.485 e. The second-order valence-corrected chi connectivity index (χ2v) is 12.1. The maximum Gasteiger partial charge on any atom is 0.410 e. The summed E-state index contributed by atoms with van der Waals surface area (Å²) in [5, 5.41) is 6.62. The van der Waals surface area contributed by atoms with E-state index in [9.17, 15) is 9.59 Å². The molecule has 2 amide bonds. The van der Waals surface area contributed by atoms with Gasteiger partial charge in [0.25, 0.3) is 5.91 Å². The van der Waals surface area contributed by atoms with Crippen molar-refractivity contribution in [2.24, 2.45) is 0 Å². The second kappa shape index (κ2) is 13.3. The molecule has 3 aliphatic heterocycles. The van der Waals surface area contributed by atoms with E-state index in [0.717, 1.165) is 45.7 Å². The van der Waals surface area contributed by atoms with Crippen molar-refractivity contribution in [1.82, 2.24) is 25.1 Å². The van der Waals surface area contributed by atoms with E-state index in [4.69, 9.17) is 25.8 Å². The van der Waals surface area contributed by atoms with E-state index in [1.807, 2.05) is 20.8 Å². The van der Waals surface area contributed by atoms with Crippen LogP contribution in [-0.4, -0.2) is 109 Å². The van der Waals surface area contributed by atoms with Gasteiger partial charge in [0.05, 0.1) is 30.5 Å². The zero-order valence-electron chi connectivity index (χ0n) is 24.5. The maximum atomic E-state index is 12.7. The minimum Gasteiger partial charge on any atom is -0.485 e. The third-order valence-corrected chi connectivity index (χ3v) is 7.81. The van der Waals surface area contributed by atoms with Crippen LogP contribution in [-0.2, 0) is 9.47 Å². The normalized spacial score (nSPS) is 18.2. The summed E-state index contributed by atoms with van der Waals surface area (Å²) in [5.41, 5.74) is 0.571. The molecule has 2 aromatic rings. The van der Waals surface area contributed by atoms with E-state index in [2.05, 4.69) is 30.4 Å². The predicted molar refractivity (Wildman–Crippen MR) is 160 cm³/mol. The number of benzene rings is 1. The van der Waals surface area contributed by atoms with Crippen LogP contribution >= 0.6 is 11.6 Å². The summed E-state index contributed by atoms with van der Waals surface area (Å²) >= 11 is 6.59. The SMILES string of the molecule is CC(C)(C)OC(=O)N1CCC(N2CCOc3c(Nc4ccc(C(=O)NCCN5CCOCC5)cc4Cl)ncnc32)CC1. The molecule has 0 aliphatic carbocycles. The summed E-state index contributed by atoms with van der Waals surface area (Å²) < 4.78 is 16.9. The molecular formula is C29H40ClN7O5. The van der Waals surface area contributed by atoms with Crippen molar-refractivity contribution in [2.75, 3.05) is 75.9 Å². The van der Waals surface area contributed by atoms with Gasteiger partial charge in [-0.1, -0.05) is 11.6 Å². The Kier molecular flexibility index (Phi) is 9.54. The van der Waals surface area contributed by atoms with Crippen LogP contribution in [0.1, 0.15) is 44.0 Å². The van der Waals surface area contributed by atoms with Crippen molar-refractivity contribution in [3.8, 4) is 5.75 Å². The third kappa shape index (κ3) is 7.53. The average Bonchev–Trinajstić information content (AvgIpc) is 2.98. The number of fused-ring (bicyclic) bond motifs is 1. The molecule has 1 aromatic heterocycles. The number of morpholine rings is 1. The van der Waals surface area contributed by atoms with Crippen molar-refractivity contribution in [2.45, 2.75) is 45.3 Å². The third-order valence-electron chi connectivity index (χ3n) is 7.49. The lowest BCUT2D eigenvalue weighted by Crippen LogP contribution is -2.50. The monoisotopic (exact) mass is 601 g/mol. The number of anilines is 3. The molecule has 4 heterocycles. The fraction of sp³-hybridized carbons (Fsp3) is 0.586. The summed E-state index contributed by atoms with van der Waals surface area (Å²) in [4.78, 5) is 40.5. The van der Waals surface area contributed by atoms with Crippen molar-refractivity contribution in [1.29, 1.82) is 0 Å². The molecule has 2 fully saturated rings. The zero-order valence-corrected chi connectivity index (χ0v) is 25.3. The highest BCUT2D eigenvalue weighted by Crippen LogP contribution is 2.39. The number of hydrogen-bond acceptors (Lipinski definition) is 10. The number of halogens is 1. The van der Waals surface area contributed by atoms with Gasteiger partial charge in [0.15, 0.2) is 11.6 Å². The first-order chi connectivity index (χ1) is 20.2. The van der Waals surface area contributed by atoms with E-state index < -0.39 is 5.60 Å². The number of ether oxygens (including phenoxy) is 3. The van der Waals surface area contributed by atoms with Gasteiger partial charge in [-0.05, 0) is 51.8 Å². The Morgan fingerprint density at radius 3 is 2.55 bits per heavy atom. The molecule has 0 spiro atoms. The molecule has 13 heteroatoms. The van der Waals surface area contributed by atoms with Crippen LogP contribution in [0, 0.1) is 0 Å². The van der Waals surface area contributed by atoms with Gasteiger partial charge in [-0.2, -0.15) is 0 Å². The van der Waals surface area contributed by atoms with Crippen molar-refractivity contribution in [3.05, 3.63) is 35.1 Å². The molecule has 228 valence electrons. The number of likely N-dealkylation sites (tertiary alicyclic amines) is 1. The predicted octanol–water partition coefficient (Wildman–Crippen LogP) is 3.53. The summed E-state index contributed by atoms with van der Waals surface area (Å²) in [5.74, 6) is 1.59. The number of carbonyl (C=O) groups excluding carboxylic acids is 2. The Balaban J connectivity index is 1.20. The van der Waals surface area contributed by atoms with Gasteiger partial charge in [-0.15, -0.1) is 0 Å². The topological polar surface area (TPSA) is 121 Å². The highest BCUT2D eigenvalue weighted by atomic mass is 35.5. The van der Waals surface area contributed by atoms with Crippen LogP contribution < -0.4 is 20.3 Å². The lowest BCUT2D eigenvalue weighted by Gasteiger charge is -2.41. The lowest BCUT2D eigenvalue weighted by atomic mass is 10.0. The fourth-order valence-corrected chi connectivity index (χ4v) is 5.55. The number of carbonyl (C=O) groups is 2. The van der Waals surface area contributed by atoms with Crippen LogP contribution in [0.3, 0.4) is 0 Å². The first kappa shape index (κ1) is 30.1. The number of nitrogens with zero attached hydrogens (tertiary/aromatic N) is 5. The number of amides is 2. The van der Waals surface area contributed by atoms with Crippen molar-refractivity contribution in [3.63, 3.8) is 0 Å². The average molecular weight is 602 g/mol. The van der Waals surface area contributed by atoms with Crippen molar-refractivity contribution >= 4 is 40.9 Å². The summed E-state index contributed by atoms with van der Waals surface area (Å²) in [6.07, 6.45) is 2.83. The van der Waals surface area contributed by atoms with Crippen LogP contribution in [0.2, 0.25) is 5.02 Å². The number of hydrogen-bond donors (Lipinski definition) is 2. The van der Waals surface area contributed by atoms with Crippen LogP contribution in [0.5, 0.6) is 5.75 Å². The number of aromatic nitrogens is 2. The Hall–Kier alpha value is -3.35. The number of piperidine rings is 1. The van der Waals surface area contributed by atoms with Gasteiger partial charge >= 0.3 is 6.09 Å². The van der Waals surface area contributed by atoms with Gasteiger partial charge in [0.2, 0.25) is 5.75 Å². The highest BCUT2D eigenvalue weighted by Gasteiger charge is 2.33. The molecule has 0 bridgehead atoms. The van der Waals surface area contributed by atoms with E-state index >= 15 is 0 Å². The molecule has 0 saturated carbocycles. The van der Waals surface area contributed by atoms with Gasteiger partial charge in [-0.25, -0.2) is 14.8 Å². The molecule has 42 heavy (non-hydrogen) atoms. The Morgan fingerprint density at radius 2 is 1.83 bits per heavy atom. The quantitative estimate of drug-likeness (QED) is 0.487. The molecule has 5 rings (SSSR count). The summed E-state index contributed by atoms with van der Waals surface area (Å²) in [6, 6.07) is 5.35. The Bertz CT molecular complexity index is 1260. The molecule has 2 saturated heterocycles. The lowest BCUT2D eigenvalue weighted by molar-refractivity contribution is 0.0203. The van der Waals surface area contributed by atoms with Crippen LogP contribution in [0.25, 0.3) is 0 Å². The van der Waals surface area contributed by atoms with Gasteiger partial charge in [0.1, 0.15) is 18.5 Å². The molecule has 0 radical (unpaired) electrons. The van der Waals surface area contributed by atoms with Gasteiger partial charge in [-0.3, -0.25) is 9.69 Å². The minimum atomic E-state index is -0.518. The maximum absolute atomic E-state index is 12.7. The zero-order chi connectivity index (χ0) is 29.7. The second-order valence-electron chi connectivity index (χ2n) is 11.6. The highest BCUT2D eigenvalue weighted by molar-refractivity contribution is 6.33. The van der Waals surface area contributed by atoms with Gasteiger partial charge < -0.3 is 34.6 Å². The Morgan fingerprint density at radius 1 is 1.07 bits per heavy atom. The first-order valence-electron chi connectivity index (χ1n) is 14.6. The summed E-state index contributed by atoms with van der Waals surface area (Å²) in [7, 11) is 0. The van der Waals surface area contributed by atoms with Crippen LogP contribution in [0.4, 0.5) is 22.1 Å². The molecule has 2 N–H and O–H groups in total. The number of rotatable bonds is 7. The number of nitrogens with one attached hydrogen (secondary N) is 2. The minimum absolute atomic E-state index is 0.173. The van der Waals surface area contributed by atoms with E-state index in [0.29, 0.717) is 66.4 Å². The standard InChI is InChI=1S/C29H40ClN7O5/c1-29(2,3)42-28(39)36-9-6-21(7-10-36)37-14-17-41-24-25(32-19-33-26(24)37)34-23-5-4-20(18-22(23)30)27(38)31-8-11-35-12-15-40-16-13-35/h4-5,18-19,21H,6-17H2,1-3H3,(H,31,38)(H,32,33,34). The molecule has 0 atom stereocenters. The fourth-order valence-electron chi connectivity index (χ4n) is 5.32.